The van der Waals surface area contributed by atoms with Gasteiger partial charge in [-0.2, -0.15) is 0 Å². The van der Waals surface area contributed by atoms with Crippen LogP contribution in [0.3, 0.4) is 0 Å². The van der Waals surface area contributed by atoms with Crippen LogP contribution < -0.4 is 0 Å². The minimum atomic E-state index is -0.676. The Labute approximate surface area is 108 Å². The van der Waals surface area contributed by atoms with E-state index in [4.69, 9.17) is 23.2 Å². The fourth-order valence-electron chi connectivity index (χ4n) is 1.59. The standard InChI is InChI=1S/C12H10Cl2OS/c1-7-6-8(13)2-3-9(7)11(15)12-10(14)4-5-16-12/h2-6,11,15H,1H3. The highest BCUT2D eigenvalue weighted by molar-refractivity contribution is 7.10. The summed E-state index contributed by atoms with van der Waals surface area (Å²) in [6.45, 7) is 1.92. The SMILES string of the molecule is Cc1cc(Cl)ccc1C(O)c1sccc1Cl. The normalized spacial score (nSPS) is 12.8. The van der Waals surface area contributed by atoms with Crippen LogP contribution >= 0.6 is 34.5 Å². The molecule has 0 bridgehead atoms. The molecule has 1 aromatic carbocycles. The molecule has 2 aromatic rings. The number of thiophene rings is 1. The summed E-state index contributed by atoms with van der Waals surface area (Å²) in [6.07, 6.45) is -0.676. The van der Waals surface area contributed by atoms with Crippen molar-refractivity contribution in [2.75, 3.05) is 0 Å². The molecule has 1 aromatic heterocycles. The van der Waals surface area contributed by atoms with Crippen molar-refractivity contribution in [3.63, 3.8) is 0 Å². The van der Waals surface area contributed by atoms with Gasteiger partial charge in [-0.25, -0.2) is 0 Å². The third-order valence-corrected chi connectivity index (χ3v) is 4.07. The summed E-state index contributed by atoms with van der Waals surface area (Å²) in [4.78, 5) is 0.770. The van der Waals surface area contributed by atoms with Gasteiger partial charge in [-0.15, -0.1) is 11.3 Å². The zero-order chi connectivity index (χ0) is 11.7. The van der Waals surface area contributed by atoms with E-state index >= 15 is 0 Å². The van der Waals surface area contributed by atoms with Crippen molar-refractivity contribution in [1.82, 2.24) is 0 Å². The zero-order valence-corrected chi connectivity index (χ0v) is 10.9. The summed E-state index contributed by atoms with van der Waals surface area (Å²) in [5.41, 5.74) is 1.80. The van der Waals surface area contributed by atoms with Crippen LogP contribution in [0.5, 0.6) is 0 Å². The van der Waals surface area contributed by atoms with E-state index in [9.17, 15) is 5.11 Å². The number of halogens is 2. The first-order valence-electron chi connectivity index (χ1n) is 4.76. The second-order valence-electron chi connectivity index (χ2n) is 3.54. The summed E-state index contributed by atoms with van der Waals surface area (Å²) in [5, 5.41) is 13.4. The zero-order valence-electron chi connectivity index (χ0n) is 8.58. The predicted octanol–water partition coefficient (Wildman–Crippen LogP) is 4.45. The molecular weight excluding hydrogens is 263 g/mol. The molecule has 84 valence electrons. The van der Waals surface area contributed by atoms with Crippen LogP contribution in [0.2, 0.25) is 10.0 Å². The van der Waals surface area contributed by atoms with Gasteiger partial charge in [0.15, 0.2) is 0 Å². The molecule has 1 atom stereocenters. The van der Waals surface area contributed by atoms with Gasteiger partial charge in [0, 0.05) is 5.02 Å². The predicted molar refractivity (Wildman–Crippen MR) is 69.6 cm³/mol. The summed E-state index contributed by atoms with van der Waals surface area (Å²) in [6, 6.07) is 7.23. The van der Waals surface area contributed by atoms with Crippen molar-refractivity contribution in [2.45, 2.75) is 13.0 Å². The van der Waals surface area contributed by atoms with Crippen LogP contribution in [0.1, 0.15) is 22.1 Å². The lowest BCUT2D eigenvalue weighted by Crippen LogP contribution is -2.00. The molecule has 0 aliphatic carbocycles. The van der Waals surface area contributed by atoms with Crippen LogP contribution in [-0.4, -0.2) is 5.11 Å². The van der Waals surface area contributed by atoms with Gasteiger partial charge >= 0.3 is 0 Å². The van der Waals surface area contributed by atoms with E-state index in [-0.39, 0.29) is 0 Å². The van der Waals surface area contributed by atoms with E-state index < -0.39 is 6.10 Å². The molecule has 1 N–H and O–H groups in total. The first-order chi connectivity index (χ1) is 7.59. The maximum Gasteiger partial charge on any atom is 0.115 e. The lowest BCUT2D eigenvalue weighted by Gasteiger charge is -2.13. The molecule has 0 fully saturated rings. The van der Waals surface area contributed by atoms with Crippen LogP contribution in [0.4, 0.5) is 0 Å². The molecule has 0 saturated heterocycles. The van der Waals surface area contributed by atoms with Crippen LogP contribution in [0.15, 0.2) is 29.6 Å². The van der Waals surface area contributed by atoms with E-state index in [0.717, 1.165) is 16.0 Å². The molecule has 0 spiro atoms. The monoisotopic (exact) mass is 272 g/mol. The molecule has 1 heterocycles. The van der Waals surface area contributed by atoms with Crippen molar-refractivity contribution in [3.05, 3.63) is 55.7 Å². The van der Waals surface area contributed by atoms with Crippen molar-refractivity contribution in [1.29, 1.82) is 0 Å². The summed E-state index contributed by atoms with van der Waals surface area (Å²) >= 11 is 13.3. The van der Waals surface area contributed by atoms with E-state index in [1.54, 1.807) is 12.1 Å². The van der Waals surface area contributed by atoms with Gasteiger partial charge in [-0.1, -0.05) is 29.3 Å². The highest BCUT2D eigenvalue weighted by Gasteiger charge is 2.17. The fraction of sp³-hybridized carbons (Fsp3) is 0.167. The van der Waals surface area contributed by atoms with Gasteiger partial charge in [0.25, 0.3) is 0 Å². The van der Waals surface area contributed by atoms with E-state index in [0.29, 0.717) is 10.0 Å². The van der Waals surface area contributed by atoms with Gasteiger partial charge in [-0.3, -0.25) is 0 Å². The highest BCUT2D eigenvalue weighted by Crippen LogP contribution is 2.34. The van der Waals surface area contributed by atoms with Crippen molar-refractivity contribution in [2.24, 2.45) is 0 Å². The van der Waals surface area contributed by atoms with E-state index in [1.807, 2.05) is 24.4 Å². The molecule has 4 heteroatoms. The number of hydrogen-bond donors (Lipinski definition) is 1. The van der Waals surface area contributed by atoms with Crippen molar-refractivity contribution >= 4 is 34.5 Å². The van der Waals surface area contributed by atoms with Crippen LogP contribution in [0.25, 0.3) is 0 Å². The Morgan fingerprint density at radius 2 is 2.00 bits per heavy atom. The second kappa shape index (κ2) is 4.76. The first-order valence-corrected chi connectivity index (χ1v) is 6.40. The summed E-state index contributed by atoms with van der Waals surface area (Å²) in [7, 11) is 0. The molecule has 16 heavy (non-hydrogen) atoms. The van der Waals surface area contributed by atoms with Crippen molar-refractivity contribution in [3.8, 4) is 0 Å². The molecule has 0 aliphatic heterocycles. The molecular formula is C12H10Cl2OS. The third kappa shape index (κ3) is 2.25. The van der Waals surface area contributed by atoms with Crippen LogP contribution in [0, 0.1) is 6.92 Å². The molecule has 1 unspecified atom stereocenters. The Morgan fingerprint density at radius 1 is 1.25 bits per heavy atom. The quantitative estimate of drug-likeness (QED) is 0.857. The lowest BCUT2D eigenvalue weighted by atomic mass is 10.0. The average molecular weight is 273 g/mol. The highest BCUT2D eigenvalue weighted by atomic mass is 35.5. The summed E-state index contributed by atoms with van der Waals surface area (Å²) < 4.78 is 0. The van der Waals surface area contributed by atoms with E-state index in [2.05, 4.69) is 0 Å². The Hall–Kier alpha value is -0.540. The number of rotatable bonds is 2. The smallest absolute Gasteiger partial charge is 0.115 e. The minimum absolute atomic E-state index is 0.604. The molecule has 1 nitrogen and oxygen atoms in total. The maximum atomic E-state index is 10.2. The minimum Gasteiger partial charge on any atom is -0.383 e. The van der Waals surface area contributed by atoms with E-state index in [1.165, 1.54) is 11.3 Å². The number of benzene rings is 1. The number of aryl methyl sites for hydroxylation is 1. The Balaban J connectivity index is 2.41. The average Bonchev–Trinajstić information content (AvgIpc) is 2.63. The number of hydrogen-bond acceptors (Lipinski definition) is 2. The molecule has 0 radical (unpaired) electrons. The first kappa shape index (κ1) is 11.9. The fourth-order valence-corrected chi connectivity index (χ4v) is 2.98. The second-order valence-corrected chi connectivity index (χ2v) is 5.33. The molecule has 2 rings (SSSR count). The largest absolute Gasteiger partial charge is 0.383 e. The Kier molecular flexibility index (Phi) is 3.55. The van der Waals surface area contributed by atoms with Gasteiger partial charge in [0.05, 0.1) is 9.90 Å². The lowest BCUT2D eigenvalue weighted by molar-refractivity contribution is 0.223. The summed E-state index contributed by atoms with van der Waals surface area (Å²) in [5.74, 6) is 0. The molecule has 0 aliphatic rings. The van der Waals surface area contributed by atoms with Crippen molar-refractivity contribution < 1.29 is 5.11 Å². The van der Waals surface area contributed by atoms with Gasteiger partial charge in [-0.05, 0) is 41.6 Å². The Bertz CT molecular complexity index is 507. The number of aliphatic hydroxyl groups excluding tert-OH is 1. The molecule has 0 amide bonds. The third-order valence-electron chi connectivity index (χ3n) is 2.42. The van der Waals surface area contributed by atoms with Crippen LogP contribution in [-0.2, 0) is 0 Å². The van der Waals surface area contributed by atoms with Gasteiger partial charge < -0.3 is 5.11 Å². The topological polar surface area (TPSA) is 20.2 Å². The van der Waals surface area contributed by atoms with Gasteiger partial charge in [0.2, 0.25) is 0 Å². The maximum absolute atomic E-state index is 10.2. The Morgan fingerprint density at radius 3 is 2.56 bits per heavy atom. The number of aliphatic hydroxyl groups is 1. The molecule has 0 saturated carbocycles. The van der Waals surface area contributed by atoms with Gasteiger partial charge in [0.1, 0.15) is 6.10 Å².